The Labute approximate surface area is 197 Å². The van der Waals surface area contributed by atoms with Gasteiger partial charge in [-0.15, -0.1) is 0 Å². The molecule has 0 bridgehead atoms. The fourth-order valence-corrected chi connectivity index (χ4v) is 4.36. The van der Waals surface area contributed by atoms with E-state index in [4.69, 9.17) is 26.1 Å². The first-order valence-corrected chi connectivity index (χ1v) is 11.3. The van der Waals surface area contributed by atoms with Gasteiger partial charge >= 0.3 is 5.97 Å². The lowest BCUT2D eigenvalue weighted by Crippen LogP contribution is -2.40. The van der Waals surface area contributed by atoms with Gasteiger partial charge in [-0.2, -0.15) is 0 Å². The summed E-state index contributed by atoms with van der Waals surface area (Å²) in [5.41, 5.74) is 2.28. The van der Waals surface area contributed by atoms with Gasteiger partial charge in [0.05, 0.1) is 42.8 Å². The minimum Gasteiger partial charge on any atom is -0.465 e. The van der Waals surface area contributed by atoms with Crippen LogP contribution in [-0.2, 0) is 16.0 Å². The zero-order valence-electron chi connectivity index (χ0n) is 18.9. The highest BCUT2D eigenvalue weighted by molar-refractivity contribution is 6.31. The number of carbonyl (C=O) groups excluding carboxylic acids is 1. The highest BCUT2D eigenvalue weighted by atomic mass is 35.5. The van der Waals surface area contributed by atoms with Crippen LogP contribution in [0, 0.1) is 0 Å². The number of hydrogen-bond acceptors (Lipinski definition) is 7. The third kappa shape index (κ3) is 4.54. The Kier molecular flexibility index (Phi) is 6.85. The number of methoxy groups -OCH3 is 1. The largest absolute Gasteiger partial charge is 0.465 e. The van der Waals surface area contributed by atoms with Crippen LogP contribution in [-0.4, -0.2) is 48.9 Å². The minimum absolute atomic E-state index is 0.130. The Morgan fingerprint density at radius 1 is 1.27 bits per heavy atom. The molecule has 1 aliphatic heterocycles. The van der Waals surface area contributed by atoms with E-state index in [0.29, 0.717) is 66.0 Å². The molecule has 1 fully saturated rings. The van der Waals surface area contributed by atoms with Crippen LogP contribution in [0.3, 0.4) is 0 Å². The van der Waals surface area contributed by atoms with Crippen LogP contribution in [0.1, 0.15) is 35.8 Å². The van der Waals surface area contributed by atoms with E-state index in [1.54, 1.807) is 22.8 Å². The summed E-state index contributed by atoms with van der Waals surface area (Å²) >= 11 is 6.43. The fraction of sp³-hybridized carbons (Fsp3) is 0.375. The van der Waals surface area contributed by atoms with Crippen molar-refractivity contribution in [2.24, 2.45) is 0 Å². The van der Waals surface area contributed by atoms with Crippen molar-refractivity contribution >= 4 is 40.1 Å². The number of para-hydroxylation sites is 1. The average Bonchev–Trinajstić information content (AvgIpc) is 2.84. The second-order valence-electron chi connectivity index (χ2n) is 7.86. The van der Waals surface area contributed by atoms with E-state index in [2.05, 4.69) is 10.2 Å². The molecule has 3 aromatic rings. The number of carbonyl (C=O) groups is 1. The molecule has 2 heterocycles. The lowest BCUT2D eigenvalue weighted by molar-refractivity contribution is 0.0602. The van der Waals surface area contributed by atoms with E-state index in [9.17, 15) is 9.59 Å². The third-order valence-corrected chi connectivity index (χ3v) is 6.03. The molecule has 0 radical (unpaired) electrons. The molecular weight excluding hydrogens is 444 g/mol. The normalized spacial score (nSPS) is 14.8. The van der Waals surface area contributed by atoms with Crippen molar-refractivity contribution < 1.29 is 14.3 Å². The quantitative estimate of drug-likeness (QED) is 0.547. The van der Waals surface area contributed by atoms with Crippen LogP contribution in [0.25, 0.3) is 10.9 Å². The lowest BCUT2D eigenvalue weighted by atomic mass is 10.0. The topological polar surface area (TPSA) is 85.7 Å². The molecule has 2 aromatic carbocycles. The maximum atomic E-state index is 13.4. The molecule has 174 valence electrons. The standard InChI is InChI=1S/C24H27ClN4O4/c1-4-29-22(30)19-14-16(25)13-18(21(19)27-24(29)28-9-11-33-12-10-28)15(2)26-20-8-6-5-7-17(20)23(31)32-3/h5-8,13-15,26H,4,9-12H2,1-3H3. The van der Waals surface area contributed by atoms with E-state index in [0.717, 1.165) is 5.56 Å². The first-order valence-electron chi connectivity index (χ1n) is 10.9. The van der Waals surface area contributed by atoms with Gasteiger partial charge in [0.2, 0.25) is 5.95 Å². The molecule has 0 spiro atoms. The van der Waals surface area contributed by atoms with E-state index < -0.39 is 5.97 Å². The maximum Gasteiger partial charge on any atom is 0.339 e. The summed E-state index contributed by atoms with van der Waals surface area (Å²) in [5.74, 6) is 0.198. The predicted octanol–water partition coefficient (Wildman–Crippen LogP) is 3.87. The molecule has 33 heavy (non-hydrogen) atoms. The van der Waals surface area contributed by atoms with E-state index in [-0.39, 0.29) is 11.6 Å². The number of benzene rings is 2. The molecule has 0 aliphatic carbocycles. The highest BCUT2D eigenvalue weighted by Crippen LogP contribution is 2.30. The molecule has 9 heteroatoms. The molecule has 8 nitrogen and oxygen atoms in total. The summed E-state index contributed by atoms with van der Waals surface area (Å²) in [5, 5.41) is 4.28. The number of aromatic nitrogens is 2. The summed E-state index contributed by atoms with van der Waals surface area (Å²) in [6.45, 7) is 6.89. The third-order valence-electron chi connectivity index (χ3n) is 5.81. The van der Waals surface area contributed by atoms with Crippen LogP contribution >= 0.6 is 11.6 Å². The van der Waals surface area contributed by atoms with E-state index in [1.807, 2.05) is 32.0 Å². The monoisotopic (exact) mass is 470 g/mol. The molecule has 1 unspecified atom stereocenters. The van der Waals surface area contributed by atoms with Crippen LogP contribution in [0.5, 0.6) is 0 Å². The zero-order chi connectivity index (χ0) is 23.5. The summed E-state index contributed by atoms with van der Waals surface area (Å²) in [6.07, 6.45) is 0. The molecule has 1 aromatic heterocycles. The number of hydrogen-bond donors (Lipinski definition) is 1. The highest BCUT2D eigenvalue weighted by Gasteiger charge is 2.22. The Morgan fingerprint density at radius 3 is 2.70 bits per heavy atom. The van der Waals surface area contributed by atoms with Crippen molar-refractivity contribution in [3.05, 3.63) is 62.9 Å². The number of nitrogens with zero attached hydrogens (tertiary/aromatic N) is 3. The van der Waals surface area contributed by atoms with Crippen LogP contribution in [0.15, 0.2) is 41.2 Å². The second-order valence-corrected chi connectivity index (χ2v) is 8.29. The van der Waals surface area contributed by atoms with Gasteiger partial charge in [-0.3, -0.25) is 9.36 Å². The van der Waals surface area contributed by atoms with E-state index >= 15 is 0 Å². The van der Waals surface area contributed by atoms with Gasteiger partial charge in [0.1, 0.15) is 0 Å². The number of halogens is 1. The lowest BCUT2D eigenvalue weighted by Gasteiger charge is -2.30. The summed E-state index contributed by atoms with van der Waals surface area (Å²) in [6, 6.07) is 10.3. The maximum absolute atomic E-state index is 13.4. The Balaban J connectivity index is 1.83. The van der Waals surface area contributed by atoms with Crippen LogP contribution < -0.4 is 15.8 Å². The molecule has 1 saturated heterocycles. The first kappa shape index (κ1) is 23.1. The van der Waals surface area contributed by atoms with Crippen molar-refractivity contribution in [2.75, 3.05) is 43.6 Å². The fourth-order valence-electron chi connectivity index (χ4n) is 4.13. The van der Waals surface area contributed by atoms with Gasteiger partial charge in [-0.05, 0) is 38.1 Å². The van der Waals surface area contributed by atoms with Gasteiger partial charge in [0.15, 0.2) is 0 Å². The van der Waals surface area contributed by atoms with Crippen molar-refractivity contribution in [2.45, 2.75) is 26.4 Å². The minimum atomic E-state index is -0.431. The van der Waals surface area contributed by atoms with Crippen molar-refractivity contribution in [1.82, 2.24) is 9.55 Å². The average molecular weight is 471 g/mol. The predicted molar refractivity (Wildman–Crippen MR) is 130 cm³/mol. The number of fused-ring (bicyclic) bond motifs is 1. The number of ether oxygens (including phenoxy) is 2. The second kappa shape index (κ2) is 9.80. The Morgan fingerprint density at radius 2 is 2.00 bits per heavy atom. The molecule has 1 atom stereocenters. The Bertz CT molecular complexity index is 1240. The summed E-state index contributed by atoms with van der Waals surface area (Å²) in [4.78, 5) is 32.6. The molecule has 1 N–H and O–H groups in total. The van der Waals surface area contributed by atoms with Crippen LogP contribution in [0.2, 0.25) is 5.02 Å². The zero-order valence-corrected chi connectivity index (χ0v) is 19.7. The number of rotatable bonds is 6. The molecule has 4 rings (SSSR count). The van der Waals surface area contributed by atoms with Gasteiger partial charge < -0.3 is 19.7 Å². The Hall–Kier alpha value is -3.10. The number of anilines is 2. The van der Waals surface area contributed by atoms with E-state index in [1.165, 1.54) is 7.11 Å². The summed E-state index contributed by atoms with van der Waals surface area (Å²) in [7, 11) is 1.35. The van der Waals surface area contributed by atoms with Crippen molar-refractivity contribution in [3.63, 3.8) is 0 Å². The van der Waals surface area contributed by atoms with Crippen LogP contribution in [0.4, 0.5) is 11.6 Å². The molecule has 0 amide bonds. The molecule has 1 aliphatic rings. The van der Waals surface area contributed by atoms with Gasteiger partial charge in [0, 0.05) is 35.9 Å². The van der Waals surface area contributed by atoms with Crippen molar-refractivity contribution in [3.8, 4) is 0 Å². The first-order chi connectivity index (χ1) is 15.9. The summed E-state index contributed by atoms with van der Waals surface area (Å²) < 4.78 is 12.1. The SMILES string of the molecule is CCn1c(N2CCOCC2)nc2c(C(C)Nc3ccccc3C(=O)OC)cc(Cl)cc2c1=O. The molecule has 0 saturated carbocycles. The number of morpholine rings is 1. The van der Waals surface area contributed by atoms with Gasteiger partial charge in [-0.1, -0.05) is 23.7 Å². The number of nitrogens with one attached hydrogen (secondary N) is 1. The molecular formula is C24H27ClN4O4. The van der Waals surface area contributed by atoms with Gasteiger partial charge in [-0.25, -0.2) is 9.78 Å². The van der Waals surface area contributed by atoms with Gasteiger partial charge in [0.25, 0.3) is 5.56 Å². The number of esters is 1. The smallest absolute Gasteiger partial charge is 0.339 e. The van der Waals surface area contributed by atoms with Crippen molar-refractivity contribution in [1.29, 1.82) is 0 Å².